The van der Waals surface area contributed by atoms with E-state index in [9.17, 15) is 13.2 Å². The number of amides is 1. The van der Waals surface area contributed by atoms with Gasteiger partial charge < -0.3 is 10.2 Å². The van der Waals surface area contributed by atoms with Crippen LogP contribution in [-0.2, 0) is 14.8 Å². The van der Waals surface area contributed by atoms with Crippen LogP contribution in [0.1, 0.15) is 38.2 Å². The molecule has 7 nitrogen and oxygen atoms in total. The summed E-state index contributed by atoms with van der Waals surface area (Å²) in [7, 11) is -3.58. The number of rotatable bonds is 6. The number of likely N-dealkylation sites (tertiary alicyclic amines) is 1. The van der Waals surface area contributed by atoms with Gasteiger partial charge in [-0.2, -0.15) is 9.57 Å². The van der Waals surface area contributed by atoms with Crippen molar-refractivity contribution < 1.29 is 18.1 Å². The number of piperidine rings is 1. The molecule has 0 aromatic heterocycles. The Balaban J connectivity index is 1.52. The van der Waals surface area contributed by atoms with E-state index in [0.717, 1.165) is 13.0 Å². The fourth-order valence-corrected chi connectivity index (χ4v) is 5.74. The van der Waals surface area contributed by atoms with E-state index >= 15 is 0 Å². The molecule has 28 heavy (non-hydrogen) atoms. The molecule has 2 saturated heterocycles. The molecule has 1 aromatic rings. The van der Waals surface area contributed by atoms with Gasteiger partial charge in [0.2, 0.25) is 15.9 Å². The van der Waals surface area contributed by atoms with E-state index in [1.807, 2.05) is 6.07 Å². The zero-order chi connectivity index (χ0) is 20.1. The Morgan fingerprint density at radius 1 is 1.25 bits per heavy atom. The molecule has 0 aliphatic carbocycles. The molecule has 152 valence electrons. The topological polar surface area (TPSA) is 94.7 Å². The minimum absolute atomic E-state index is 0.0535. The standard InChI is InChI=1S/C20H28N4O3S/c1-2-23-11-3-4-18(23)15-22-20(25)17-9-12-24(13-10-17)28(26,27)19-7-5-16(14-21)6-8-19/h5-8,17-18H,2-4,9-13,15H2,1H3,(H,22,25)/p+1/t18-/m1/s1. The summed E-state index contributed by atoms with van der Waals surface area (Å²) >= 11 is 0. The number of nitrogens with one attached hydrogen (secondary N) is 2. The summed E-state index contributed by atoms with van der Waals surface area (Å²) in [6.07, 6.45) is 3.45. The van der Waals surface area contributed by atoms with Gasteiger partial charge in [-0.25, -0.2) is 8.42 Å². The zero-order valence-electron chi connectivity index (χ0n) is 16.4. The molecule has 1 aromatic carbocycles. The molecule has 0 spiro atoms. The third kappa shape index (κ3) is 4.54. The number of nitrogens with zero attached hydrogens (tertiary/aromatic N) is 2. The van der Waals surface area contributed by atoms with E-state index in [-0.39, 0.29) is 16.7 Å². The van der Waals surface area contributed by atoms with Crippen molar-refractivity contribution in [3.05, 3.63) is 29.8 Å². The Labute approximate surface area is 167 Å². The van der Waals surface area contributed by atoms with Gasteiger partial charge >= 0.3 is 0 Å². The van der Waals surface area contributed by atoms with E-state index in [2.05, 4.69) is 12.2 Å². The van der Waals surface area contributed by atoms with Crippen molar-refractivity contribution in [3.63, 3.8) is 0 Å². The van der Waals surface area contributed by atoms with Crippen molar-refractivity contribution in [2.45, 2.75) is 43.5 Å². The van der Waals surface area contributed by atoms with E-state index in [4.69, 9.17) is 5.26 Å². The molecule has 0 saturated carbocycles. The number of hydrogen-bond acceptors (Lipinski definition) is 4. The lowest BCUT2D eigenvalue weighted by atomic mass is 9.97. The van der Waals surface area contributed by atoms with Crippen LogP contribution in [0.15, 0.2) is 29.2 Å². The Hall–Kier alpha value is -1.95. The maximum atomic E-state index is 12.8. The van der Waals surface area contributed by atoms with Gasteiger partial charge in [0.05, 0.1) is 36.2 Å². The predicted molar refractivity (Wildman–Crippen MR) is 105 cm³/mol. The van der Waals surface area contributed by atoms with E-state index < -0.39 is 10.0 Å². The average Bonchev–Trinajstić information content (AvgIpc) is 3.19. The van der Waals surface area contributed by atoms with Crippen LogP contribution >= 0.6 is 0 Å². The predicted octanol–water partition coefficient (Wildman–Crippen LogP) is 0.142. The first-order valence-electron chi connectivity index (χ1n) is 10.1. The van der Waals surface area contributed by atoms with Crippen LogP contribution in [0.25, 0.3) is 0 Å². The maximum Gasteiger partial charge on any atom is 0.243 e. The number of carbonyl (C=O) groups is 1. The van der Waals surface area contributed by atoms with Gasteiger partial charge in [0, 0.05) is 31.8 Å². The number of benzene rings is 1. The van der Waals surface area contributed by atoms with Crippen LogP contribution in [0.4, 0.5) is 0 Å². The summed E-state index contributed by atoms with van der Waals surface area (Å²) < 4.78 is 27.0. The number of likely N-dealkylation sites (N-methyl/N-ethyl adjacent to an activating group) is 1. The Morgan fingerprint density at radius 3 is 2.54 bits per heavy atom. The van der Waals surface area contributed by atoms with Crippen LogP contribution in [-0.4, -0.2) is 57.4 Å². The second-order valence-electron chi connectivity index (χ2n) is 7.66. The van der Waals surface area contributed by atoms with Crippen LogP contribution in [0, 0.1) is 17.2 Å². The summed E-state index contributed by atoms with van der Waals surface area (Å²) in [4.78, 5) is 14.3. The van der Waals surface area contributed by atoms with Crippen LogP contribution < -0.4 is 10.2 Å². The highest BCUT2D eigenvalue weighted by molar-refractivity contribution is 7.89. The first kappa shape index (κ1) is 20.8. The van der Waals surface area contributed by atoms with Crippen LogP contribution in [0.5, 0.6) is 0 Å². The Kier molecular flexibility index (Phi) is 6.70. The van der Waals surface area contributed by atoms with Crippen molar-refractivity contribution in [1.82, 2.24) is 9.62 Å². The number of nitriles is 1. The largest absolute Gasteiger partial charge is 0.350 e. The van der Waals surface area contributed by atoms with Gasteiger partial charge in [-0.3, -0.25) is 4.79 Å². The van der Waals surface area contributed by atoms with Crippen molar-refractivity contribution in [1.29, 1.82) is 5.26 Å². The molecule has 0 radical (unpaired) electrons. The number of sulfonamides is 1. The number of quaternary nitrogens is 1. The molecule has 2 heterocycles. The summed E-state index contributed by atoms with van der Waals surface area (Å²) in [5, 5.41) is 12.0. The fourth-order valence-electron chi connectivity index (χ4n) is 4.27. The molecule has 0 bridgehead atoms. The third-order valence-corrected chi connectivity index (χ3v) is 7.96. The minimum atomic E-state index is -3.58. The lowest BCUT2D eigenvalue weighted by Crippen LogP contribution is -3.14. The van der Waals surface area contributed by atoms with Crippen LogP contribution in [0.3, 0.4) is 0 Å². The average molecular weight is 406 g/mol. The van der Waals surface area contributed by atoms with E-state index in [1.165, 1.54) is 41.5 Å². The normalized spacial score (nSPS) is 24.0. The summed E-state index contributed by atoms with van der Waals surface area (Å²) in [6, 6.07) is 8.45. The highest BCUT2D eigenvalue weighted by Gasteiger charge is 2.33. The number of hydrogen-bond donors (Lipinski definition) is 2. The smallest absolute Gasteiger partial charge is 0.243 e. The summed E-state index contributed by atoms with van der Waals surface area (Å²) in [6.45, 7) is 5.85. The summed E-state index contributed by atoms with van der Waals surface area (Å²) in [5.41, 5.74) is 0.431. The molecule has 1 amide bonds. The van der Waals surface area contributed by atoms with Crippen molar-refractivity contribution in [2.24, 2.45) is 5.92 Å². The molecule has 2 N–H and O–H groups in total. The van der Waals surface area contributed by atoms with Crippen molar-refractivity contribution in [2.75, 3.05) is 32.7 Å². The lowest BCUT2D eigenvalue weighted by Gasteiger charge is -2.31. The molecule has 8 heteroatoms. The number of carbonyl (C=O) groups excluding carboxylic acids is 1. The first-order valence-corrected chi connectivity index (χ1v) is 11.5. The molecule has 1 unspecified atom stereocenters. The highest BCUT2D eigenvalue weighted by Crippen LogP contribution is 2.24. The molecular formula is C20H29N4O3S+. The lowest BCUT2D eigenvalue weighted by molar-refractivity contribution is -0.909. The fraction of sp³-hybridized carbons (Fsp3) is 0.600. The quantitative estimate of drug-likeness (QED) is 0.704. The maximum absolute atomic E-state index is 12.8. The van der Waals surface area contributed by atoms with Gasteiger partial charge in [0.15, 0.2) is 0 Å². The highest BCUT2D eigenvalue weighted by atomic mass is 32.2. The SMILES string of the molecule is CC[NH+]1CCC[C@@H]1CNC(=O)C1CCN(S(=O)(=O)c2ccc(C#N)cc2)CC1. The van der Waals surface area contributed by atoms with Gasteiger partial charge in [0.25, 0.3) is 0 Å². The van der Waals surface area contributed by atoms with Gasteiger partial charge in [0.1, 0.15) is 6.04 Å². The van der Waals surface area contributed by atoms with Crippen molar-refractivity contribution >= 4 is 15.9 Å². The molecule has 2 aliphatic heterocycles. The second-order valence-corrected chi connectivity index (χ2v) is 9.60. The molecular weight excluding hydrogens is 376 g/mol. The molecule has 2 fully saturated rings. The summed E-state index contributed by atoms with van der Waals surface area (Å²) in [5.74, 6) is -0.0725. The van der Waals surface area contributed by atoms with Gasteiger partial charge in [-0.15, -0.1) is 0 Å². The Bertz CT molecular complexity index is 824. The van der Waals surface area contributed by atoms with Crippen LogP contribution in [0.2, 0.25) is 0 Å². The monoisotopic (exact) mass is 405 g/mol. The molecule has 2 aliphatic rings. The molecule has 3 rings (SSSR count). The third-order valence-electron chi connectivity index (χ3n) is 6.05. The van der Waals surface area contributed by atoms with Gasteiger partial charge in [-0.1, -0.05) is 0 Å². The second kappa shape index (κ2) is 9.03. The first-order chi connectivity index (χ1) is 13.5. The Morgan fingerprint density at radius 2 is 1.93 bits per heavy atom. The van der Waals surface area contributed by atoms with Gasteiger partial charge in [-0.05, 0) is 44.0 Å². The zero-order valence-corrected chi connectivity index (χ0v) is 17.2. The minimum Gasteiger partial charge on any atom is -0.350 e. The van der Waals surface area contributed by atoms with Crippen molar-refractivity contribution in [3.8, 4) is 6.07 Å². The molecule has 2 atom stereocenters. The van der Waals surface area contributed by atoms with E-state index in [1.54, 1.807) is 4.90 Å². The van der Waals surface area contributed by atoms with E-state index in [0.29, 0.717) is 44.1 Å².